The number of hydrogen-bond acceptors (Lipinski definition) is 5. The second kappa shape index (κ2) is 9.03. The summed E-state index contributed by atoms with van der Waals surface area (Å²) in [7, 11) is 0. The summed E-state index contributed by atoms with van der Waals surface area (Å²) < 4.78 is 10.4. The van der Waals surface area contributed by atoms with E-state index in [1.807, 2.05) is 18.2 Å². The molecular weight excluding hydrogens is 360 g/mol. The molecule has 146 valence electrons. The van der Waals surface area contributed by atoms with Crippen molar-refractivity contribution >= 4 is 29.2 Å². The predicted molar refractivity (Wildman–Crippen MR) is 104 cm³/mol. The molecule has 0 radical (unpaired) electrons. The van der Waals surface area contributed by atoms with Gasteiger partial charge in [0.2, 0.25) is 5.91 Å². The number of aryl methyl sites for hydroxylation is 2. The number of nitrogens with one attached hydrogen (secondary N) is 2. The van der Waals surface area contributed by atoms with Crippen LogP contribution in [0.4, 0.5) is 11.4 Å². The van der Waals surface area contributed by atoms with Crippen molar-refractivity contribution in [3.63, 3.8) is 0 Å². The number of ether oxygens (including phenoxy) is 2. The van der Waals surface area contributed by atoms with Crippen LogP contribution in [0.1, 0.15) is 24.5 Å². The van der Waals surface area contributed by atoms with E-state index in [1.54, 1.807) is 24.3 Å². The Kier molecular flexibility index (Phi) is 6.26. The third-order valence-corrected chi connectivity index (χ3v) is 4.26. The van der Waals surface area contributed by atoms with Gasteiger partial charge >= 0.3 is 5.97 Å². The molecule has 0 saturated heterocycles. The molecule has 0 aromatic heterocycles. The second-order valence-corrected chi connectivity index (χ2v) is 6.54. The highest BCUT2D eigenvalue weighted by Gasteiger charge is 2.13. The van der Waals surface area contributed by atoms with E-state index in [9.17, 15) is 14.4 Å². The number of rotatable bonds is 7. The second-order valence-electron chi connectivity index (χ2n) is 6.54. The van der Waals surface area contributed by atoms with Gasteiger partial charge in [-0.1, -0.05) is 12.1 Å². The van der Waals surface area contributed by atoms with Crippen molar-refractivity contribution in [3.8, 4) is 5.75 Å². The summed E-state index contributed by atoms with van der Waals surface area (Å²) in [4.78, 5) is 34.8. The highest BCUT2D eigenvalue weighted by Crippen LogP contribution is 2.26. The van der Waals surface area contributed by atoms with Crippen LogP contribution >= 0.6 is 0 Å². The van der Waals surface area contributed by atoms with Crippen LogP contribution in [0.3, 0.4) is 0 Å². The number of benzene rings is 2. The lowest BCUT2D eigenvalue weighted by Gasteiger charge is -2.10. The summed E-state index contributed by atoms with van der Waals surface area (Å²) in [6.45, 7) is 0.719. The van der Waals surface area contributed by atoms with Crippen LogP contribution in [0.5, 0.6) is 5.75 Å². The Labute approximate surface area is 163 Å². The van der Waals surface area contributed by atoms with Gasteiger partial charge in [0.05, 0.1) is 0 Å². The van der Waals surface area contributed by atoms with Crippen LogP contribution in [-0.4, -0.2) is 31.0 Å². The number of esters is 1. The normalized spacial score (nSPS) is 12.0. The molecule has 7 heteroatoms. The van der Waals surface area contributed by atoms with Crippen molar-refractivity contribution < 1.29 is 23.9 Å². The van der Waals surface area contributed by atoms with Gasteiger partial charge in [-0.25, -0.2) is 4.79 Å². The Morgan fingerprint density at radius 2 is 1.68 bits per heavy atom. The molecule has 0 aliphatic heterocycles. The van der Waals surface area contributed by atoms with Crippen LogP contribution in [0, 0.1) is 0 Å². The van der Waals surface area contributed by atoms with Crippen LogP contribution in [0.2, 0.25) is 0 Å². The molecule has 0 spiro atoms. The van der Waals surface area contributed by atoms with Crippen molar-refractivity contribution in [3.05, 3.63) is 53.6 Å². The average molecular weight is 382 g/mol. The molecule has 0 saturated carbocycles. The third kappa shape index (κ3) is 5.57. The van der Waals surface area contributed by atoms with Gasteiger partial charge in [0.25, 0.3) is 5.91 Å². The molecule has 2 aromatic rings. The summed E-state index contributed by atoms with van der Waals surface area (Å²) >= 11 is 0. The van der Waals surface area contributed by atoms with Gasteiger partial charge in [-0.15, -0.1) is 0 Å². The quantitative estimate of drug-likeness (QED) is 0.718. The van der Waals surface area contributed by atoms with Gasteiger partial charge < -0.3 is 20.1 Å². The van der Waals surface area contributed by atoms with E-state index >= 15 is 0 Å². The molecule has 0 heterocycles. The summed E-state index contributed by atoms with van der Waals surface area (Å²) in [5.74, 6) is -0.689. The Hall–Kier alpha value is -3.35. The first-order valence-electron chi connectivity index (χ1n) is 9.07. The molecule has 0 bridgehead atoms. The van der Waals surface area contributed by atoms with E-state index in [0.29, 0.717) is 17.1 Å². The summed E-state index contributed by atoms with van der Waals surface area (Å²) in [6, 6.07) is 12.5. The first kappa shape index (κ1) is 19.4. The monoisotopic (exact) mass is 382 g/mol. The molecule has 0 unspecified atom stereocenters. The van der Waals surface area contributed by atoms with Crippen LogP contribution in [0.25, 0.3) is 0 Å². The van der Waals surface area contributed by atoms with E-state index in [2.05, 4.69) is 10.6 Å². The third-order valence-electron chi connectivity index (χ3n) is 4.26. The average Bonchev–Trinajstić information content (AvgIpc) is 3.12. The summed E-state index contributed by atoms with van der Waals surface area (Å²) in [5, 5.41) is 5.23. The summed E-state index contributed by atoms with van der Waals surface area (Å²) in [6.07, 6.45) is 3.25. The fourth-order valence-corrected chi connectivity index (χ4v) is 3.04. The Morgan fingerprint density at radius 1 is 0.929 bits per heavy atom. The minimum atomic E-state index is -0.623. The number of fused-ring (bicyclic) bond motifs is 1. The first-order valence-corrected chi connectivity index (χ1v) is 9.07. The van der Waals surface area contributed by atoms with E-state index in [4.69, 9.17) is 9.47 Å². The van der Waals surface area contributed by atoms with Gasteiger partial charge in [0.1, 0.15) is 5.75 Å². The lowest BCUT2D eigenvalue weighted by atomic mass is 10.1. The van der Waals surface area contributed by atoms with E-state index in [0.717, 1.165) is 19.3 Å². The lowest BCUT2D eigenvalue weighted by Crippen LogP contribution is -2.23. The number of hydrogen-bond donors (Lipinski definition) is 2. The molecule has 2 N–H and O–H groups in total. The van der Waals surface area contributed by atoms with E-state index in [1.165, 1.54) is 18.1 Å². The maximum atomic E-state index is 11.9. The Bertz CT molecular complexity index is 894. The highest BCUT2D eigenvalue weighted by molar-refractivity contribution is 5.94. The van der Waals surface area contributed by atoms with Crippen molar-refractivity contribution in [2.24, 2.45) is 0 Å². The topological polar surface area (TPSA) is 93.7 Å². The Balaban J connectivity index is 1.41. The maximum Gasteiger partial charge on any atom is 0.344 e. The highest BCUT2D eigenvalue weighted by atomic mass is 16.6. The molecule has 1 aliphatic carbocycles. The fourth-order valence-electron chi connectivity index (χ4n) is 3.04. The van der Waals surface area contributed by atoms with Crippen LogP contribution in [0.15, 0.2) is 42.5 Å². The van der Waals surface area contributed by atoms with Crippen molar-refractivity contribution in [2.45, 2.75) is 26.2 Å². The van der Waals surface area contributed by atoms with Gasteiger partial charge in [-0.05, 0) is 60.7 Å². The molecule has 0 fully saturated rings. The standard InChI is InChI=1S/C21H22N2O5/c1-14(24)22-17-6-3-7-18(11-17)23-20(25)12-28-21(26)13-27-19-9-8-15-4-2-5-16(15)10-19/h3,6-11H,2,4-5,12-13H2,1H3,(H,22,24)(H,23,25). The molecule has 0 atom stereocenters. The smallest absolute Gasteiger partial charge is 0.344 e. The number of anilines is 2. The summed E-state index contributed by atoms with van der Waals surface area (Å²) in [5.41, 5.74) is 3.63. The number of carbonyl (C=O) groups excluding carboxylic acids is 3. The fraction of sp³-hybridized carbons (Fsp3) is 0.286. The zero-order valence-corrected chi connectivity index (χ0v) is 15.6. The van der Waals surface area contributed by atoms with Gasteiger partial charge in [0.15, 0.2) is 13.2 Å². The minimum absolute atomic E-state index is 0.208. The van der Waals surface area contributed by atoms with Crippen LogP contribution < -0.4 is 15.4 Å². The molecule has 3 rings (SSSR count). The lowest BCUT2D eigenvalue weighted by molar-refractivity contribution is -0.149. The van der Waals surface area contributed by atoms with Gasteiger partial charge in [-0.3, -0.25) is 9.59 Å². The molecule has 7 nitrogen and oxygen atoms in total. The van der Waals surface area contributed by atoms with Gasteiger partial charge in [-0.2, -0.15) is 0 Å². The van der Waals surface area contributed by atoms with Crippen molar-refractivity contribution in [2.75, 3.05) is 23.8 Å². The SMILES string of the molecule is CC(=O)Nc1cccc(NC(=O)COC(=O)COc2ccc3c(c2)CCC3)c1. The Morgan fingerprint density at radius 3 is 2.46 bits per heavy atom. The number of amides is 2. The molecule has 28 heavy (non-hydrogen) atoms. The zero-order valence-electron chi connectivity index (χ0n) is 15.6. The molecule has 2 aromatic carbocycles. The van der Waals surface area contributed by atoms with E-state index in [-0.39, 0.29) is 12.5 Å². The molecule has 2 amide bonds. The van der Waals surface area contributed by atoms with Gasteiger partial charge in [0, 0.05) is 18.3 Å². The first-order chi connectivity index (χ1) is 13.5. The number of carbonyl (C=O) groups is 3. The maximum absolute atomic E-state index is 11.9. The van der Waals surface area contributed by atoms with Crippen molar-refractivity contribution in [1.82, 2.24) is 0 Å². The van der Waals surface area contributed by atoms with E-state index < -0.39 is 18.5 Å². The van der Waals surface area contributed by atoms with Crippen LogP contribution in [-0.2, 0) is 32.0 Å². The largest absolute Gasteiger partial charge is 0.482 e. The minimum Gasteiger partial charge on any atom is -0.482 e. The predicted octanol–water partition coefficient (Wildman–Crippen LogP) is 2.69. The zero-order chi connectivity index (χ0) is 19.9. The molecule has 1 aliphatic rings. The van der Waals surface area contributed by atoms with Crippen molar-refractivity contribution in [1.29, 1.82) is 0 Å². The molecular formula is C21H22N2O5.